The van der Waals surface area contributed by atoms with Crippen molar-refractivity contribution in [2.24, 2.45) is 0 Å². The number of carbonyl (C=O) groups is 2. The Kier molecular flexibility index (Phi) is 4.06. The number of hydrogen-bond donors (Lipinski definition) is 1. The summed E-state index contributed by atoms with van der Waals surface area (Å²) in [4.78, 5) is 24.4. The Bertz CT molecular complexity index is 549. The number of carboxylic acid groups (broad SMARTS) is 1. The molecule has 1 N–H and O–H groups in total. The van der Waals surface area contributed by atoms with E-state index in [4.69, 9.17) is 14.6 Å². The van der Waals surface area contributed by atoms with Gasteiger partial charge in [0, 0.05) is 6.42 Å². The maximum atomic E-state index is 12.2. The summed E-state index contributed by atoms with van der Waals surface area (Å²) in [7, 11) is 0. The molecule has 114 valence electrons. The van der Waals surface area contributed by atoms with Crippen LogP contribution in [0.5, 0.6) is 0 Å². The van der Waals surface area contributed by atoms with Crippen LogP contribution in [0.3, 0.4) is 0 Å². The first kappa shape index (κ1) is 15.2. The lowest BCUT2D eigenvalue weighted by Crippen LogP contribution is -2.48. The van der Waals surface area contributed by atoms with Crippen LogP contribution >= 0.6 is 0 Å². The van der Waals surface area contributed by atoms with Gasteiger partial charge in [-0.15, -0.1) is 0 Å². The number of amides is 1. The fourth-order valence-electron chi connectivity index (χ4n) is 2.22. The van der Waals surface area contributed by atoms with Gasteiger partial charge in [0.1, 0.15) is 5.60 Å². The third-order valence-electron chi connectivity index (χ3n) is 3.07. The van der Waals surface area contributed by atoms with E-state index in [-0.39, 0.29) is 6.54 Å². The van der Waals surface area contributed by atoms with Gasteiger partial charge < -0.3 is 14.6 Å². The average molecular weight is 293 g/mol. The Labute approximate surface area is 123 Å². The van der Waals surface area contributed by atoms with Gasteiger partial charge in [0.05, 0.1) is 6.54 Å². The van der Waals surface area contributed by atoms with E-state index in [9.17, 15) is 9.59 Å². The lowest BCUT2D eigenvalue weighted by molar-refractivity contribution is -0.0564. The van der Waals surface area contributed by atoms with Gasteiger partial charge in [0.15, 0.2) is 6.23 Å². The highest BCUT2D eigenvalue weighted by Gasteiger charge is 2.35. The molecule has 0 bridgehead atoms. The molecular formula is C15H19NO5. The molecule has 1 atom stereocenters. The van der Waals surface area contributed by atoms with Crippen molar-refractivity contribution in [3.05, 3.63) is 35.4 Å². The van der Waals surface area contributed by atoms with E-state index >= 15 is 0 Å². The van der Waals surface area contributed by atoms with Crippen LogP contribution in [0.2, 0.25) is 0 Å². The smallest absolute Gasteiger partial charge is 0.450 e. The van der Waals surface area contributed by atoms with Crippen LogP contribution in [0.15, 0.2) is 24.3 Å². The summed E-state index contributed by atoms with van der Waals surface area (Å²) in [5.41, 5.74) is 1.29. The highest BCUT2D eigenvalue weighted by atomic mass is 16.7. The second-order valence-corrected chi connectivity index (χ2v) is 5.92. The summed E-state index contributed by atoms with van der Waals surface area (Å²) in [6.07, 6.45) is -2.54. The molecule has 0 aliphatic carbocycles. The summed E-state index contributed by atoms with van der Waals surface area (Å²) in [6, 6.07) is 7.56. The molecule has 0 radical (unpaired) electrons. The summed E-state index contributed by atoms with van der Waals surface area (Å²) >= 11 is 0. The molecule has 0 saturated carbocycles. The standard InChI is InChI=1S/C15H19NO5/c1-15(2,3)21-13(17)16-9-11-7-5-4-6-10(11)8-12(16)20-14(18)19/h4-7,12H,8-9H2,1-3H3,(H,18,19). The van der Waals surface area contributed by atoms with Crippen molar-refractivity contribution in [3.63, 3.8) is 0 Å². The molecule has 1 aromatic rings. The number of hydrogen-bond acceptors (Lipinski definition) is 4. The number of nitrogens with zero attached hydrogens (tertiary/aromatic N) is 1. The quantitative estimate of drug-likeness (QED) is 0.805. The monoisotopic (exact) mass is 293 g/mol. The van der Waals surface area contributed by atoms with Crippen LogP contribution in [-0.2, 0) is 22.4 Å². The Morgan fingerprint density at radius 2 is 1.86 bits per heavy atom. The van der Waals surface area contributed by atoms with E-state index in [0.717, 1.165) is 11.1 Å². The minimum absolute atomic E-state index is 0.267. The fourth-order valence-corrected chi connectivity index (χ4v) is 2.22. The molecule has 0 saturated heterocycles. The van der Waals surface area contributed by atoms with Gasteiger partial charge in [-0.05, 0) is 31.9 Å². The van der Waals surface area contributed by atoms with Gasteiger partial charge in [-0.2, -0.15) is 0 Å². The van der Waals surface area contributed by atoms with E-state index in [1.807, 2.05) is 24.3 Å². The predicted molar refractivity (Wildman–Crippen MR) is 74.8 cm³/mol. The maximum absolute atomic E-state index is 12.2. The summed E-state index contributed by atoms with van der Waals surface area (Å²) in [5, 5.41) is 8.84. The highest BCUT2D eigenvalue weighted by Crippen LogP contribution is 2.25. The number of rotatable bonds is 1. The average Bonchev–Trinajstić information content (AvgIpc) is 2.35. The first-order valence-electron chi connectivity index (χ1n) is 6.72. The second kappa shape index (κ2) is 5.63. The third kappa shape index (κ3) is 3.87. The Morgan fingerprint density at radius 1 is 1.24 bits per heavy atom. The minimum atomic E-state index is -1.41. The molecule has 1 aromatic carbocycles. The molecule has 2 rings (SSSR count). The second-order valence-electron chi connectivity index (χ2n) is 5.92. The van der Waals surface area contributed by atoms with Gasteiger partial charge in [-0.3, -0.25) is 4.90 Å². The van der Waals surface area contributed by atoms with Crippen molar-refractivity contribution in [3.8, 4) is 0 Å². The topological polar surface area (TPSA) is 76.1 Å². The predicted octanol–water partition coefficient (Wildman–Crippen LogP) is 3.00. The molecule has 1 unspecified atom stereocenters. The van der Waals surface area contributed by atoms with E-state index < -0.39 is 24.1 Å². The zero-order valence-corrected chi connectivity index (χ0v) is 12.3. The largest absolute Gasteiger partial charge is 0.507 e. The first-order valence-corrected chi connectivity index (χ1v) is 6.72. The summed E-state index contributed by atoms with van der Waals surface area (Å²) < 4.78 is 10.2. The molecule has 0 spiro atoms. The highest BCUT2D eigenvalue weighted by molar-refractivity contribution is 5.69. The zero-order chi connectivity index (χ0) is 15.6. The molecule has 1 heterocycles. The Hall–Kier alpha value is -2.24. The van der Waals surface area contributed by atoms with Crippen molar-refractivity contribution in [1.82, 2.24) is 4.90 Å². The van der Waals surface area contributed by atoms with Crippen LogP contribution in [0.1, 0.15) is 31.9 Å². The third-order valence-corrected chi connectivity index (χ3v) is 3.07. The molecule has 1 aliphatic heterocycles. The maximum Gasteiger partial charge on any atom is 0.507 e. The number of ether oxygens (including phenoxy) is 2. The molecule has 21 heavy (non-hydrogen) atoms. The van der Waals surface area contributed by atoms with Crippen molar-refractivity contribution in [2.45, 2.75) is 45.6 Å². The molecular weight excluding hydrogens is 274 g/mol. The number of fused-ring (bicyclic) bond motifs is 1. The van der Waals surface area contributed by atoms with E-state index in [0.29, 0.717) is 6.42 Å². The van der Waals surface area contributed by atoms with Gasteiger partial charge in [0.2, 0.25) is 0 Å². The van der Waals surface area contributed by atoms with E-state index in [1.165, 1.54) is 4.90 Å². The Balaban J connectivity index is 2.24. The first-order chi connectivity index (χ1) is 9.76. The van der Waals surface area contributed by atoms with E-state index in [2.05, 4.69) is 0 Å². The van der Waals surface area contributed by atoms with Gasteiger partial charge >= 0.3 is 12.2 Å². The lowest BCUT2D eigenvalue weighted by atomic mass is 9.99. The molecule has 6 heteroatoms. The minimum Gasteiger partial charge on any atom is -0.450 e. The van der Waals surface area contributed by atoms with Crippen molar-refractivity contribution < 1.29 is 24.2 Å². The zero-order valence-electron chi connectivity index (χ0n) is 12.3. The van der Waals surface area contributed by atoms with Gasteiger partial charge in [-0.25, -0.2) is 9.59 Å². The number of carbonyl (C=O) groups excluding carboxylic acids is 1. The van der Waals surface area contributed by atoms with Crippen LogP contribution in [0.25, 0.3) is 0 Å². The van der Waals surface area contributed by atoms with Crippen molar-refractivity contribution >= 4 is 12.2 Å². The van der Waals surface area contributed by atoms with Crippen molar-refractivity contribution in [2.75, 3.05) is 0 Å². The summed E-state index contributed by atoms with van der Waals surface area (Å²) in [6.45, 7) is 5.55. The lowest BCUT2D eigenvalue weighted by Gasteiger charge is -2.36. The normalized spacial score (nSPS) is 17.9. The molecule has 1 amide bonds. The van der Waals surface area contributed by atoms with Crippen LogP contribution in [-0.4, -0.2) is 34.1 Å². The molecule has 1 aliphatic rings. The summed E-state index contributed by atoms with van der Waals surface area (Å²) in [5.74, 6) is 0. The van der Waals surface area contributed by atoms with Crippen molar-refractivity contribution in [1.29, 1.82) is 0 Å². The van der Waals surface area contributed by atoms with E-state index in [1.54, 1.807) is 20.8 Å². The van der Waals surface area contributed by atoms with Crippen LogP contribution in [0.4, 0.5) is 9.59 Å². The van der Waals surface area contributed by atoms with Crippen LogP contribution in [0, 0.1) is 0 Å². The molecule has 0 aromatic heterocycles. The SMILES string of the molecule is CC(C)(C)OC(=O)N1Cc2ccccc2CC1OC(=O)O. The van der Waals surface area contributed by atoms with Gasteiger partial charge in [-0.1, -0.05) is 24.3 Å². The number of benzene rings is 1. The molecule has 0 fully saturated rings. The van der Waals surface area contributed by atoms with Crippen LogP contribution < -0.4 is 0 Å². The Morgan fingerprint density at radius 3 is 2.43 bits per heavy atom. The van der Waals surface area contributed by atoms with Gasteiger partial charge in [0.25, 0.3) is 0 Å². The fraction of sp³-hybridized carbons (Fsp3) is 0.467. The molecule has 6 nitrogen and oxygen atoms in total.